The Kier molecular flexibility index (Phi) is 5.81. The number of nitrogens with zero attached hydrogens (tertiary/aromatic N) is 5. The summed E-state index contributed by atoms with van der Waals surface area (Å²) in [6.45, 7) is 4.44. The van der Waals surface area contributed by atoms with E-state index in [1.165, 1.54) is 4.57 Å². The van der Waals surface area contributed by atoms with E-state index < -0.39 is 11.2 Å². The third kappa shape index (κ3) is 3.95. The van der Waals surface area contributed by atoms with Gasteiger partial charge in [0.05, 0.1) is 16.6 Å². The van der Waals surface area contributed by atoms with Crippen molar-refractivity contribution < 1.29 is 4.79 Å². The Morgan fingerprint density at radius 3 is 2.48 bits per heavy atom. The number of anilines is 1. The van der Waals surface area contributed by atoms with Gasteiger partial charge in [-0.1, -0.05) is 36.2 Å². The molecule has 31 heavy (non-hydrogen) atoms. The topological polar surface area (TPSA) is 96.2 Å². The summed E-state index contributed by atoms with van der Waals surface area (Å²) in [7, 11) is 1.57. The van der Waals surface area contributed by atoms with Crippen molar-refractivity contribution in [1.29, 1.82) is 0 Å². The molecule has 0 spiro atoms. The number of H-pyrrole nitrogens is 1. The predicted molar refractivity (Wildman–Crippen MR) is 120 cm³/mol. The van der Waals surface area contributed by atoms with Crippen LogP contribution in [0.4, 0.5) is 5.95 Å². The van der Waals surface area contributed by atoms with E-state index >= 15 is 0 Å². The van der Waals surface area contributed by atoms with Crippen LogP contribution in [0.25, 0.3) is 11.2 Å². The van der Waals surface area contributed by atoms with E-state index in [9.17, 15) is 14.4 Å². The number of piperazine rings is 1. The maximum Gasteiger partial charge on any atom is 0.329 e. The van der Waals surface area contributed by atoms with Crippen LogP contribution in [0, 0.1) is 0 Å². The molecule has 3 heterocycles. The number of aryl methyl sites for hydroxylation is 1. The molecule has 4 rings (SSSR count). The number of rotatable bonds is 4. The molecule has 164 valence electrons. The first-order chi connectivity index (χ1) is 14.8. The number of nitrogens with one attached hydrogen (secondary N) is 1. The third-order valence-electron chi connectivity index (χ3n) is 5.53. The molecule has 0 unspecified atom stereocenters. The average Bonchev–Trinajstić information content (AvgIpc) is 3.14. The molecule has 0 atom stereocenters. The molecule has 1 aliphatic rings. The molecule has 1 aromatic carbocycles. The lowest BCUT2D eigenvalue weighted by molar-refractivity contribution is -0.131. The smallest absolute Gasteiger partial charge is 0.329 e. The first-order valence-corrected chi connectivity index (χ1v) is 10.7. The minimum absolute atomic E-state index is 0.114. The number of carbonyl (C=O) groups excluding carboxylic acids is 1. The molecule has 0 bridgehead atoms. The van der Waals surface area contributed by atoms with Crippen LogP contribution in [-0.4, -0.2) is 56.1 Å². The summed E-state index contributed by atoms with van der Waals surface area (Å²) in [6.07, 6.45) is 0.466. The lowest BCUT2D eigenvalue weighted by atomic mass is 10.2. The zero-order chi connectivity index (χ0) is 22.3. The fourth-order valence-electron chi connectivity index (χ4n) is 3.81. The fraction of sp³-hybridized carbons (Fsp3) is 0.400. The highest BCUT2D eigenvalue weighted by molar-refractivity contribution is 6.42. The minimum atomic E-state index is -0.526. The minimum Gasteiger partial charge on any atom is -0.339 e. The molecule has 0 aliphatic carbocycles. The van der Waals surface area contributed by atoms with Crippen molar-refractivity contribution in [2.75, 3.05) is 31.1 Å². The Balaban J connectivity index is 1.80. The molecule has 0 saturated carbocycles. The quantitative estimate of drug-likeness (QED) is 0.635. The molecule has 11 heteroatoms. The van der Waals surface area contributed by atoms with Crippen LogP contribution < -0.4 is 16.1 Å². The van der Waals surface area contributed by atoms with Crippen LogP contribution in [0.2, 0.25) is 10.0 Å². The standard InChI is InChI=1S/C20H22Cl2N6O3/c1-3-15(29)26-6-8-27(9-7-26)19-23-17-16(18(30)24-20(31)25(17)2)28(19)11-12-4-5-13(21)14(22)10-12/h4-5,10H,3,6-9,11H2,1-2H3,(H,24,30,31). The fourth-order valence-corrected chi connectivity index (χ4v) is 4.13. The Hall–Kier alpha value is -2.78. The van der Waals surface area contributed by atoms with Crippen LogP contribution >= 0.6 is 23.2 Å². The summed E-state index contributed by atoms with van der Waals surface area (Å²) in [5, 5.41) is 0.858. The van der Waals surface area contributed by atoms with E-state index in [4.69, 9.17) is 23.2 Å². The summed E-state index contributed by atoms with van der Waals surface area (Å²) in [5.74, 6) is 0.680. The second kappa shape index (κ2) is 8.39. The average molecular weight is 465 g/mol. The van der Waals surface area contributed by atoms with Gasteiger partial charge in [-0.3, -0.25) is 23.7 Å². The van der Waals surface area contributed by atoms with Crippen LogP contribution in [0.5, 0.6) is 0 Å². The Labute approximate surface area is 187 Å². The zero-order valence-electron chi connectivity index (χ0n) is 17.2. The van der Waals surface area contributed by atoms with Gasteiger partial charge in [0, 0.05) is 39.6 Å². The van der Waals surface area contributed by atoms with Crippen LogP contribution in [0.3, 0.4) is 0 Å². The highest BCUT2D eigenvalue weighted by Gasteiger charge is 2.26. The largest absolute Gasteiger partial charge is 0.339 e. The molecule has 2 aromatic heterocycles. The number of hydrogen-bond acceptors (Lipinski definition) is 5. The van der Waals surface area contributed by atoms with E-state index in [-0.39, 0.29) is 5.91 Å². The van der Waals surface area contributed by atoms with Crippen molar-refractivity contribution in [2.24, 2.45) is 7.05 Å². The Morgan fingerprint density at radius 1 is 1.13 bits per heavy atom. The molecular formula is C20H22Cl2N6O3. The molecule has 9 nitrogen and oxygen atoms in total. The van der Waals surface area contributed by atoms with Crippen LogP contribution in [0.1, 0.15) is 18.9 Å². The molecule has 1 saturated heterocycles. The summed E-state index contributed by atoms with van der Waals surface area (Å²) in [5.41, 5.74) is 0.410. The summed E-state index contributed by atoms with van der Waals surface area (Å²) < 4.78 is 3.10. The van der Waals surface area contributed by atoms with E-state index in [1.807, 2.05) is 22.8 Å². The van der Waals surface area contributed by atoms with Crippen molar-refractivity contribution in [3.05, 3.63) is 54.6 Å². The molecule has 1 fully saturated rings. The van der Waals surface area contributed by atoms with Gasteiger partial charge in [0.25, 0.3) is 5.56 Å². The normalized spacial score (nSPS) is 14.5. The second-order valence-corrected chi connectivity index (χ2v) is 8.27. The summed E-state index contributed by atoms with van der Waals surface area (Å²) in [4.78, 5) is 47.7. The number of aromatic nitrogens is 4. The van der Waals surface area contributed by atoms with Crippen LogP contribution in [-0.2, 0) is 18.4 Å². The number of benzene rings is 1. The number of halogens is 2. The van der Waals surface area contributed by atoms with Crippen molar-refractivity contribution in [1.82, 2.24) is 24.0 Å². The lowest BCUT2D eigenvalue weighted by Gasteiger charge is -2.35. The van der Waals surface area contributed by atoms with Crippen molar-refractivity contribution in [2.45, 2.75) is 19.9 Å². The number of fused-ring (bicyclic) bond motifs is 1. The highest BCUT2D eigenvalue weighted by atomic mass is 35.5. The monoisotopic (exact) mass is 464 g/mol. The summed E-state index contributed by atoms with van der Waals surface area (Å²) >= 11 is 12.2. The number of hydrogen-bond donors (Lipinski definition) is 1. The van der Waals surface area contributed by atoms with Gasteiger partial charge in [0.15, 0.2) is 11.2 Å². The van der Waals surface area contributed by atoms with Crippen LogP contribution in [0.15, 0.2) is 27.8 Å². The van der Waals surface area contributed by atoms with Crippen molar-refractivity contribution in [3.8, 4) is 0 Å². The Morgan fingerprint density at radius 2 is 1.84 bits per heavy atom. The van der Waals surface area contributed by atoms with Crippen molar-refractivity contribution in [3.63, 3.8) is 0 Å². The maximum atomic E-state index is 12.7. The number of aromatic amines is 1. The van der Waals surface area contributed by atoms with Gasteiger partial charge in [-0.2, -0.15) is 4.98 Å². The lowest BCUT2D eigenvalue weighted by Crippen LogP contribution is -2.49. The molecule has 0 radical (unpaired) electrons. The molecular weight excluding hydrogens is 443 g/mol. The molecule has 1 aliphatic heterocycles. The molecule has 1 amide bonds. The maximum absolute atomic E-state index is 12.7. The number of amides is 1. The molecule has 3 aromatic rings. The van der Waals surface area contributed by atoms with Crippen molar-refractivity contribution >= 4 is 46.2 Å². The van der Waals surface area contributed by atoms with E-state index in [1.54, 1.807) is 23.7 Å². The number of carbonyl (C=O) groups is 1. The van der Waals surface area contributed by atoms with E-state index in [0.717, 1.165) is 5.56 Å². The van der Waals surface area contributed by atoms with Gasteiger partial charge in [-0.25, -0.2) is 4.79 Å². The first-order valence-electron chi connectivity index (χ1n) is 9.96. The molecule has 1 N–H and O–H groups in total. The van der Waals surface area contributed by atoms with Gasteiger partial charge in [0.2, 0.25) is 11.9 Å². The highest BCUT2D eigenvalue weighted by Crippen LogP contribution is 2.26. The SMILES string of the molecule is CCC(=O)N1CCN(c2nc3c(c(=O)[nH]c(=O)n3C)n2Cc2ccc(Cl)c(Cl)c2)CC1. The first kappa shape index (κ1) is 21.5. The van der Waals surface area contributed by atoms with E-state index in [0.29, 0.717) is 66.3 Å². The van der Waals surface area contributed by atoms with Gasteiger partial charge in [-0.05, 0) is 17.7 Å². The van der Waals surface area contributed by atoms with Gasteiger partial charge >= 0.3 is 5.69 Å². The summed E-state index contributed by atoms with van der Waals surface area (Å²) in [6, 6.07) is 5.28. The van der Waals surface area contributed by atoms with Gasteiger partial charge in [0.1, 0.15) is 0 Å². The second-order valence-electron chi connectivity index (χ2n) is 7.46. The predicted octanol–water partition coefficient (Wildman–Crippen LogP) is 1.84. The van der Waals surface area contributed by atoms with E-state index in [2.05, 4.69) is 9.97 Å². The third-order valence-corrected chi connectivity index (χ3v) is 6.27. The zero-order valence-corrected chi connectivity index (χ0v) is 18.7. The Bertz CT molecular complexity index is 1270. The number of imidazole rings is 1. The van der Waals surface area contributed by atoms with Gasteiger partial charge < -0.3 is 9.80 Å². The van der Waals surface area contributed by atoms with Gasteiger partial charge in [-0.15, -0.1) is 0 Å².